The number of amides is 1. The van der Waals surface area contributed by atoms with Crippen LogP contribution in [0.3, 0.4) is 0 Å². The topological polar surface area (TPSA) is 80.9 Å². The van der Waals surface area contributed by atoms with E-state index in [1.165, 1.54) is 0 Å². The van der Waals surface area contributed by atoms with Crippen molar-refractivity contribution in [2.45, 2.75) is 12.6 Å². The lowest BCUT2D eigenvalue weighted by molar-refractivity contribution is -0.117. The zero-order valence-electron chi connectivity index (χ0n) is 12.7. The minimum absolute atomic E-state index is 0.289. The third-order valence-electron chi connectivity index (χ3n) is 4.16. The van der Waals surface area contributed by atoms with E-state index in [1.54, 1.807) is 24.7 Å². The number of nitrogen functional groups attached to an aromatic ring is 1. The molecule has 0 radical (unpaired) electrons. The zero-order chi connectivity index (χ0) is 16.7. The monoisotopic (exact) mass is 322 g/mol. The molecule has 0 spiro atoms. The molecule has 3 N–H and O–H groups in total. The van der Waals surface area contributed by atoms with E-state index in [0.717, 1.165) is 21.9 Å². The van der Waals surface area contributed by atoms with Crippen molar-refractivity contribution in [3.63, 3.8) is 0 Å². The molecule has 1 saturated carbocycles. The van der Waals surface area contributed by atoms with Gasteiger partial charge in [0.2, 0.25) is 5.91 Å². The van der Waals surface area contributed by atoms with Gasteiger partial charge in [-0.2, -0.15) is 0 Å². The third kappa shape index (κ3) is 2.67. The maximum absolute atomic E-state index is 13.0. The molecule has 24 heavy (non-hydrogen) atoms. The maximum Gasteiger partial charge on any atom is 0.231 e. The molecule has 3 aromatic rings. The summed E-state index contributed by atoms with van der Waals surface area (Å²) < 4.78 is 13.0. The fourth-order valence-electron chi connectivity index (χ4n) is 2.71. The van der Waals surface area contributed by atoms with E-state index in [9.17, 15) is 9.18 Å². The van der Waals surface area contributed by atoms with Crippen LogP contribution in [0, 0.1) is 5.92 Å². The Morgan fingerprint density at radius 1 is 1.25 bits per heavy atom. The molecule has 120 valence electrons. The van der Waals surface area contributed by atoms with Crippen molar-refractivity contribution in [2.24, 2.45) is 5.92 Å². The van der Waals surface area contributed by atoms with E-state index in [2.05, 4.69) is 15.3 Å². The highest BCUT2D eigenvalue weighted by Gasteiger charge is 2.43. The van der Waals surface area contributed by atoms with Crippen molar-refractivity contribution in [3.8, 4) is 11.1 Å². The van der Waals surface area contributed by atoms with E-state index < -0.39 is 12.1 Å². The van der Waals surface area contributed by atoms with E-state index in [0.29, 0.717) is 11.5 Å². The molecule has 2 aromatic heterocycles. The second-order valence-corrected chi connectivity index (χ2v) is 5.95. The number of pyridine rings is 2. The van der Waals surface area contributed by atoms with E-state index >= 15 is 0 Å². The fraction of sp³-hybridized carbons (Fsp3) is 0.167. The number of carbonyl (C=O) groups is 1. The number of nitrogens with two attached hydrogens (primary N) is 1. The summed E-state index contributed by atoms with van der Waals surface area (Å²) in [6, 6.07) is 9.40. The molecule has 1 aliphatic rings. The van der Waals surface area contributed by atoms with Gasteiger partial charge in [-0.1, -0.05) is 6.07 Å². The molecule has 0 aliphatic heterocycles. The van der Waals surface area contributed by atoms with Crippen molar-refractivity contribution in [2.75, 3.05) is 11.1 Å². The van der Waals surface area contributed by atoms with Gasteiger partial charge in [0.15, 0.2) is 0 Å². The van der Waals surface area contributed by atoms with Crippen LogP contribution < -0.4 is 11.1 Å². The van der Waals surface area contributed by atoms with Gasteiger partial charge in [0.25, 0.3) is 0 Å². The van der Waals surface area contributed by atoms with Crippen molar-refractivity contribution < 1.29 is 9.18 Å². The number of halogens is 1. The largest absolute Gasteiger partial charge is 0.398 e. The lowest BCUT2D eigenvalue weighted by Gasteiger charge is -2.09. The molecule has 2 heterocycles. The normalized spacial score (nSPS) is 19.2. The molecular weight excluding hydrogens is 307 g/mol. The molecule has 5 nitrogen and oxygen atoms in total. The van der Waals surface area contributed by atoms with Crippen LogP contribution in [0.4, 0.5) is 15.9 Å². The number of alkyl halides is 1. The van der Waals surface area contributed by atoms with Crippen LogP contribution in [0.25, 0.3) is 21.9 Å². The predicted octanol–water partition coefficient (Wildman–Crippen LogP) is 3.18. The van der Waals surface area contributed by atoms with Crippen LogP contribution in [-0.4, -0.2) is 22.0 Å². The Hall–Kier alpha value is -3.02. The van der Waals surface area contributed by atoms with Crippen molar-refractivity contribution in [1.29, 1.82) is 0 Å². The molecule has 4 rings (SSSR count). The van der Waals surface area contributed by atoms with Crippen LogP contribution in [-0.2, 0) is 4.79 Å². The highest BCUT2D eigenvalue weighted by atomic mass is 19.1. The molecule has 1 fully saturated rings. The summed E-state index contributed by atoms with van der Waals surface area (Å²) in [6.07, 6.45) is 4.35. The van der Waals surface area contributed by atoms with Crippen LogP contribution >= 0.6 is 0 Å². The smallest absolute Gasteiger partial charge is 0.231 e. The number of benzene rings is 1. The second-order valence-electron chi connectivity index (χ2n) is 5.95. The van der Waals surface area contributed by atoms with Crippen LogP contribution in [0.2, 0.25) is 0 Å². The third-order valence-corrected chi connectivity index (χ3v) is 4.16. The molecule has 1 aliphatic carbocycles. The predicted molar refractivity (Wildman–Crippen MR) is 91.0 cm³/mol. The summed E-state index contributed by atoms with van der Waals surface area (Å²) in [6.45, 7) is 0. The van der Waals surface area contributed by atoms with Gasteiger partial charge in [0, 0.05) is 35.2 Å². The zero-order valence-corrected chi connectivity index (χ0v) is 12.7. The van der Waals surface area contributed by atoms with Gasteiger partial charge in [-0.25, -0.2) is 9.37 Å². The second kappa shape index (κ2) is 5.56. The SMILES string of the molecule is Nc1cc(-c2cccnc2)cc2cc(NC(=O)C3CC3F)ncc12. The minimum atomic E-state index is -1.03. The molecule has 1 aromatic carbocycles. The minimum Gasteiger partial charge on any atom is -0.398 e. The highest BCUT2D eigenvalue weighted by molar-refractivity contribution is 6.00. The fourth-order valence-corrected chi connectivity index (χ4v) is 2.71. The number of anilines is 2. The Balaban J connectivity index is 1.71. The number of carbonyl (C=O) groups excluding carboxylic acids is 1. The lowest BCUT2D eigenvalue weighted by Crippen LogP contribution is -2.15. The van der Waals surface area contributed by atoms with E-state index in [-0.39, 0.29) is 12.3 Å². The van der Waals surface area contributed by atoms with Gasteiger partial charge >= 0.3 is 0 Å². The average molecular weight is 322 g/mol. The molecular formula is C18H15FN4O. The van der Waals surface area contributed by atoms with Gasteiger partial charge < -0.3 is 11.1 Å². The summed E-state index contributed by atoms with van der Waals surface area (Å²) in [5.74, 6) is -0.477. The number of rotatable bonds is 3. The Morgan fingerprint density at radius 2 is 2.08 bits per heavy atom. The number of fused-ring (bicyclic) bond motifs is 1. The molecule has 2 atom stereocenters. The number of hydrogen-bond acceptors (Lipinski definition) is 4. The lowest BCUT2D eigenvalue weighted by atomic mass is 10.0. The van der Waals surface area contributed by atoms with Crippen LogP contribution in [0.1, 0.15) is 6.42 Å². The summed E-state index contributed by atoms with van der Waals surface area (Å²) in [7, 11) is 0. The van der Waals surface area contributed by atoms with Crippen LogP contribution in [0.15, 0.2) is 48.9 Å². The summed E-state index contributed by atoms with van der Waals surface area (Å²) >= 11 is 0. The Bertz CT molecular complexity index is 929. The number of aromatic nitrogens is 2. The van der Waals surface area contributed by atoms with Gasteiger partial charge in [-0.3, -0.25) is 9.78 Å². The Morgan fingerprint density at radius 3 is 2.79 bits per heavy atom. The first kappa shape index (κ1) is 14.6. The van der Waals surface area contributed by atoms with E-state index in [4.69, 9.17) is 5.73 Å². The van der Waals surface area contributed by atoms with E-state index in [1.807, 2.05) is 24.3 Å². The van der Waals surface area contributed by atoms with Gasteiger partial charge in [0.1, 0.15) is 12.0 Å². The first-order valence-corrected chi connectivity index (χ1v) is 7.66. The standard InChI is InChI=1S/C18H15FN4O/c19-15-7-13(15)18(24)23-17-6-12-4-11(10-2-1-3-21-8-10)5-16(20)14(12)9-22-17/h1-6,8-9,13,15H,7,20H2,(H,22,23,24). The van der Waals surface area contributed by atoms with Crippen molar-refractivity contribution in [3.05, 3.63) is 48.9 Å². The first-order valence-electron chi connectivity index (χ1n) is 7.66. The molecule has 0 saturated heterocycles. The molecule has 2 unspecified atom stereocenters. The van der Waals surface area contributed by atoms with Crippen molar-refractivity contribution >= 4 is 28.2 Å². The average Bonchev–Trinajstić information content (AvgIpc) is 3.32. The number of nitrogens with zero attached hydrogens (tertiary/aromatic N) is 2. The van der Waals surface area contributed by atoms with Crippen LogP contribution in [0.5, 0.6) is 0 Å². The first-order chi connectivity index (χ1) is 11.6. The highest BCUT2D eigenvalue weighted by Crippen LogP contribution is 2.35. The Kier molecular flexibility index (Phi) is 3.37. The number of nitrogens with one attached hydrogen (secondary N) is 1. The molecule has 1 amide bonds. The van der Waals surface area contributed by atoms with Gasteiger partial charge in [0.05, 0.1) is 5.92 Å². The van der Waals surface area contributed by atoms with Gasteiger partial charge in [-0.15, -0.1) is 0 Å². The van der Waals surface area contributed by atoms with Crippen molar-refractivity contribution in [1.82, 2.24) is 9.97 Å². The number of hydrogen-bond donors (Lipinski definition) is 2. The van der Waals surface area contributed by atoms with Gasteiger partial charge in [-0.05, 0) is 41.6 Å². The summed E-state index contributed by atoms with van der Waals surface area (Å²) in [5, 5.41) is 4.32. The quantitative estimate of drug-likeness (QED) is 0.726. The Labute approximate surface area is 137 Å². The summed E-state index contributed by atoms with van der Waals surface area (Å²) in [5.41, 5.74) is 8.61. The summed E-state index contributed by atoms with van der Waals surface area (Å²) in [4.78, 5) is 20.2. The molecule has 6 heteroatoms. The molecule has 0 bridgehead atoms. The maximum atomic E-state index is 13.0.